The molecule has 1 fully saturated rings. The lowest BCUT2D eigenvalue weighted by molar-refractivity contribution is 0.174. The fraction of sp³-hybridized carbons (Fsp3) is 0.952. The minimum Gasteiger partial charge on any atom is -0.357 e. The first kappa shape index (κ1) is 26.9. The predicted molar refractivity (Wildman–Crippen MR) is 130 cm³/mol. The lowest BCUT2D eigenvalue weighted by atomic mass is 10.0. The van der Waals surface area contributed by atoms with Gasteiger partial charge in [0.25, 0.3) is 0 Å². The number of nitrogens with zero attached hydrogens (tertiary/aromatic N) is 3. The van der Waals surface area contributed by atoms with Crippen molar-refractivity contribution in [2.75, 3.05) is 39.3 Å². The molecule has 0 aromatic rings. The molecule has 0 bridgehead atoms. The molecule has 0 atom stereocenters. The van der Waals surface area contributed by atoms with E-state index in [1.807, 2.05) is 0 Å². The van der Waals surface area contributed by atoms with Crippen molar-refractivity contribution in [3.05, 3.63) is 0 Å². The van der Waals surface area contributed by atoms with E-state index in [0.29, 0.717) is 18.1 Å². The van der Waals surface area contributed by atoms with Crippen LogP contribution in [0.15, 0.2) is 4.99 Å². The number of aliphatic imine (C=N–C) groups is 1. The highest BCUT2D eigenvalue weighted by molar-refractivity contribution is 14.0. The molecule has 5 nitrogen and oxygen atoms in total. The Morgan fingerprint density at radius 2 is 1.67 bits per heavy atom. The van der Waals surface area contributed by atoms with Crippen molar-refractivity contribution in [3.8, 4) is 0 Å². The van der Waals surface area contributed by atoms with Crippen molar-refractivity contribution in [2.45, 2.75) is 85.9 Å². The summed E-state index contributed by atoms with van der Waals surface area (Å²) in [6, 6.07) is 1.75. The highest BCUT2D eigenvalue weighted by Gasteiger charge is 2.20. The third-order valence-corrected chi connectivity index (χ3v) is 5.07. The molecule has 0 aromatic carbocycles. The zero-order chi connectivity index (χ0) is 19.5. The third kappa shape index (κ3) is 11.5. The van der Waals surface area contributed by atoms with E-state index < -0.39 is 0 Å². The van der Waals surface area contributed by atoms with Crippen molar-refractivity contribution in [2.24, 2.45) is 10.9 Å². The van der Waals surface area contributed by atoms with E-state index in [1.165, 1.54) is 32.5 Å². The van der Waals surface area contributed by atoms with Crippen molar-refractivity contribution < 1.29 is 0 Å². The van der Waals surface area contributed by atoms with Crippen LogP contribution in [0.3, 0.4) is 0 Å². The first-order valence-corrected chi connectivity index (χ1v) is 10.9. The van der Waals surface area contributed by atoms with Gasteiger partial charge in [-0.3, -0.25) is 9.89 Å². The van der Waals surface area contributed by atoms with Gasteiger partial charge in [0, 0.05) is 57.4 Å². The van der Waals surface area contributed by atoms with E-state index in [2.05, 4.69) is 68.9 Å². The van der Waals surface area contributed by atoms with Gasteiger partial charge in [0.05, 0.1) is 0 Å². The lowest BCUT2D eigenvalue weighted by Crippen LogP contribution is -2.49. The fourth-order valence-electron chi connectivity index (χ4n) is 3.85. The summed E-state index contributed by atoms with van der Waals surface area (Å²) in [6.07, 6.45) is 3.54. The molecule has 0 saturated carbocycles. The van der Waals surface area contributed by atoms with E-state index in [-0.39, 0.29) is 24.0 Å². The van der Waals surface area contributed by atoms with E-state index in [9.17, 15) is 0 Å². The zero-order valence-corrected chi connectivity index (χ0v) is 21.3. The minimum absolute atomic E-state index is 0. The fourth-order valence-corrected chi connectivity index (χ4v) is 3.85. The number of hydrogen-bond acceptors (Lipinski definition) is 3. The first-order valence-electron chi connectivity index (χ1n) is 10.9. The topological polar surface area (TPSA) is 42.9 Å². The number of piperidine rings is 1. The molecular weight excluding hydrogens is 449 g/mol. The van der Waals surface area contributed by atoms with Crippen LogP contribution in [0.1, 0.15) is 67.7 Å². The zero-order valence-electron chi connectivity index (χ0n) is 18.9. The molecule has 0 aromatic heterocycles. The number of rotatable bonds is 10. The molecule has 0 radical (unpaired) electrons. The van der Waals surface area contributed by atoms with Crippen LogP contribution in [0.2, 0.25) is 0 Å². The van der Waals surface area contributed by atoms with Crippen molar-refractivity contribution in [3.63, 3.8) is 0 Å². The summed E-state index contributed by atoms with van der Waals surface area (Å²) >= 11 is 0. The molecule has 1 heterocycles. The van der Waals surface area contributed by atoms with Gasteiger partial charge in [0.1, 0.15) is 0 Å². The van der Waals surface area contributed by atoms with Gasteiger partial charge < -0.3 is 15.5 Å². The predicted octanol–water partition coefficient (Wildman–Crippen LogP) is 3.79. The summed E-state index contributed by atoms with van der Waals surface area (Å²) in [5.41, 5.74) is 0. The Balaban J connectivity index is 0.00000676. The third-order valence-electron chi connectivity index (χ3n) is 5.07. The Bertz CT molecular complexity index is 382. The van der Waals surface area contributed by atoms with Crippen molar-refractivity contribution >= 4 is 29.9 Å². The van der Waals surface area contributed by atoms with Crippen LogP contribution in [0.5, 0.6) is 0 Å². The van der Waals surface area contributed by atoms with Gasteiger partial charge in [-0.25, -0.2) is 0 Å². The van der Waals surface area contributed by atoms with E-state index in [0.717, 1.165) is 37.9 Å². The van der Waals surface area contributed by atoms with Crippen LogP contribution in [0.4, 0.5) is 0 Å². The number of halogens is 1. The number of guanidine groups is 1. The van der Waals surface area contributed by atoms with E-state index in [4.69, 9.17) is 4.99 Å². The Morgan fingerprint density at radius 3 is 2.15 bits per heavy atom. The molecule has 162 valence electrons. The average Bonchev–Trinajstić information content (AvgIpc) is 2.55. The van der Waals surface area contributed by atoms with Gasteiger partial charge in [-0.1, -0.05) is 13.8 Å². The van der Waals surface area contributed by atoms with Crippen LogP contribution in [0, 0.1) is 5.92 Å². The number of hydrogen-bond donors (Lipinski definition) is 2. The van der Waals surface area contributed by atoms with Gasteiger partial charge in [-0.15, -0.1) is 24.0 Å². The Morgan fingerprint density at radius 1 is 1.07 bits per heavy atom. The van der Waals surface area contributed by atoms with E-state index in [1.54, 1.807) is 0 Å². The Kier molecular flexibility index (Phi) is 14.8. The highest BCUT2D eigenvalue weighted by atomic mass is 127. The maximum Gasteiger partial charge on any atom is 0.191 e. The standard InChI is InChI=1S/C21H45N5.HI/c1-8-22-21(23-12-9-13-26(18(4)5)19(6)7)24-20-10-14-25(15-11-20)16-17(2)3;/h17-20H,8-16H2,1-7H3,(H2,22,23,24);1H. The van der Waals surface area contributed by atoms with Gasteiger partial charge >= 0.3 is 0 Å². The van der Waals surface area contributed by atoms with Crippen LogP contribution in [-0.4, -0.2) is 73.2 Å². The normalized spacial score (nSPS) is 17.1. The van der Waals surface area contributed by atoms with Crippen LogP contribution in [0.25, 0.3) is 0 Å². The number of likely N-dealkylation sites (tertiary alicyclic amines) is 1. The van der Waals surface area contributed by atoms with Gasteiger partial charge in [0.15, 0.2) is 5.96 Å². The van der Waals surface area contributed by atoms with Gasteiger partial charge in [-0.05, 0) is 59.8 Å². The van der Waals surface area contributed by atoms with Crippen LogP contribution in [-0.2, 0) is 0 Å². The largest absolute Gasteiger partial charge is 0.357 e. The molecule has 0 spiro atoms. The molecule has 0 amide bonds. The SMILES string of the molecule is CCNC(=NCCCN(C(C)C)C(C)C)NC1CCN(CC(C)C)CC1.I. The molecule has 0 aliphatic carbocycles. The summed E-state index contributed by atoms with van der Waals surface area (Å²) in [4.78, 5) is 9.96. The summed E-state index contributed by atoms with van der Waals surface area (Å²) < 4.78 is 0. The van der Waals surface area contributed by atoms with E-state index >= 15 is 0 Å². The van der Waals surface area contributed by atoms with Gasteiger partial charge in [-0.2, -0.15) is 0 Å². The van der Waals surface area contributed by atoms with Crippen molar-refractivity contribution in [1.82, 2.24) is 20.4 Å². The lowest BCUT2D eigenvalue weighted by Gasteiger charge is -2.34. The molecule has 1 saturated heterocycles. The highest BCUT2D eigenvalue weighted by Crippen LogP contribution is 2.12. The molecule has 2 N–H and O–H groups in total. The summed E-state index contributed by atoms with van der Waals surface area (Å²) in [5.74, 6) is 1.75. The van der Waals surface area contributed by atoms with Crippen LogP contribution >= 0.6 is 24.0 Å². The summed E-state index contributed by atoms with van der Waals surface area (Å²) in [5, 5.41) is 7.08. The van der Waals surface area contributed by atoms with Gasteiger partial charge in [0.2, 0.25) is 0 Å². The molecule has 0 unspecified atom stereocenters. The molecule has 1 aliphatic heterocycles. The Hall–Kier alpha value is -0.0800. The minimum atomic E-state index is 0. The second kappa shape index (κ2) is 14.9. The monoisotopic (exact) mass is 495 g/mol. The molecule has 27 heavy (non-hydrogen) atoms. The quantitative estimate of drug-likeness (QED) is 0.210. The molecule has 1 aliphatic rings. The molecular formula is C21H46IN5. The average molecular weight is 496 g/mol. The van der Waals surface area contributed by atoms with Crippen LogP contribution < -0.4 is 10.6 Å². The van der Waals surface area contributed by atoms with Crippen molar-refractivity contribution in [1.29, 1.82) is 0 Å². The second-order valence-corrected chi connectivity index (χ2v) is 8.65. The molecule has 1 rings (SSSR count). The smallest absolute Gasteiger partial charge is 0.191 e. The molecule has 6 heteroatoms. The maximum absolute atomic E-state index is 4.82. The summed E-state index contributed by atoms with van der Waals surface area (Å²) in [7, 11) is 0. The Labute approximate surface area is 186 Å². The number of nitrogens with one attached hydrogen (secondary N) is 2. The maximum atomic E-state index is 4.82. The first-order chi connectivity index (χ1) is 12.3. The second-order valence-electron chi connectivity index (χ2n) is 8.65. The summed E-state index contributed by atoms with van der Waals surface area (Å²) in [6.45, 7) is 22.4.